The van der Waals surface area contributed by atoms with Gasteiger partial charge in [0.2, 0.25) is 0 Å². The van der Waals surface area contributed by atoms with Gasteiger partial charge in [0.15, 0.2) is 15.6 Å². The van der Waals surface area contributed by atoms with E-state index < -0.39 is 33.4 Å². The van der Waals surface area contributed by atoms with Gasteiger partial charge in [0, 0.05) is 11.0 Å². The minimum absolute atomic E-state index is 0.135. The Morgan fingerprint density at radius 2 is 1.56 bits per heavy atom. The molecular formula is C21H22O5S. The highest BCUT2D eigenvalue weighted by Crippen LogP contribution is 2.22. The lowest BCUT2D eigenvalue weighted by atomic mass is 9.87. The summed E-state index contributed by atoms with van der Waals surface area (Å²) in [5, 5.41) is 1.04. The zero-order chi connectivity index (χ0) is 19.9. The maximum atomic E-state index is 12.8. The van der Waals surface area contributed by atoms with Crippen molar-refractivity contribution in [2.24, 2.45) is 11.8 Å². The number of esters is 1. The number of ether oxygens (including phenoxy) is 1. The molecule has 0 saturated heterocycles. The van der Waals surface area contributed by atoms with E-state index >= 15 is 0 Å². The van der Waals surface area contributed by atoms with Crippen LogP contribution in [0.2, 0.25) is 0 Å². The number of allylic oxidation sites excluding steroid dienone is 1. The molecule has 0 bridgehead atoms. The van der Waals surface area contributed by atoms with Crippen molar-refractivity contribution in [2.75, 3.05) is 6.61 Å². The van der Waals surface area contributed by atoms with Gasteiger partial charge in [-0.05, 0) is 25.0 Å². The molecular weight excluding hydrogens is 364 g/mol. The van der Waals surface area contributed by atoms with Crippen molar-refractivity contribution < 1.29 is 22.7 Å². The first-order valence-corrected chi connectivity index (χ1v) is 10.2. The van der Waals surface area contributed by atoms with Crippen molar-refractivity contribution in [3.63, 3.8) is 0 Å². The van der Waals surface area contributed by atoms with Crippen LogP contribution in [0.15, 0.2) is 77.0 Å². The van der Waals surface area contributed by atoms with Gasteiger partial charge in [0.25, 0.3) is 0 Å². The van der Waals surface area contributed by atoms with Gasteiger partial charge in [-0.3, -0.25) is 9.59 Å². The molecule has 0 heterocycles. The van der Waals surface area contributed by atoms with Gasteiger partial charge in [-0.1, -0.05) is 61.5 Å². The topological polar surface area (TPSA) is 77.5 Å². The second-order valence-corrected chi connectivity index (χ2v) is 7.84. The van der Waals surface area contributed by atoms with E-state index in [1.54, 1.807) is 62.4 Å². The first-order chi connectivity index (χ1) is 12.9. The fourth-order valence-electron chi connectivity index (χ4n) is 2.60. The molecule has 5 nitrogen and oxygen atoms in total. The third kappa shape index (κ3) is 5.37. The van der Waals surface area contributed by atoms with E-state index in [-0.39, 0.29) is 11.5 Å². The third-order valence-corrected chi connectivity index (χ3v) is 5.48. The Morgan fingerprint density at radius 1 is 1.00 bits per heavy atom. The van der Waals surface area contributed by atoms with Gasteiger partial charge in [0.05, 0.1) is 11.5 Å². The smallest absolute Gasteiger partial charge is 0.317 e. The summed E-state index contributed by atoms with van der Waals surface area (Å²) in [5.41, 5.74) is 0.377. The molecule has 0 amide bonds. The number of rotatable bonds is 8. The van der Waals surface area contributed by atoms with Crippen molar-refractivity contribution in [1.29, 1.82) is 0 Å². The Bertz CT molecular complexity index is 902. The van der Waals surface area contributed by atoms with Crippen LogP contribution in [0.3, 0.4) is 0 Å². The molecule has 2 unspecified atom stereocenters. The molecule has 0 aliphatic rings. The average molecular weight is 386 g/mol. The van der Waals surface area contributed by atoms with Crippen molar-refractivity contribution in [2.45, 2.75) is 18.7 Å². The van der Waals surface area contributed by atoms with Crippen LogP contribution < -0.4 is 0 Å². The van der Waals surface area contributed by atoms with Crippen molar-refractivity contribution in [1.82, 2.24) is 0 Å². The Labute approximate surface area is 159 Å². The first-order valence-electron chi connectivity index (χ1n) is 8.61. The lowest BCUT2D eigenvalue weighted by Gasteiger charge is -2.19. The van der Waals surface area contributed by atoms with Crippen molar-refractivity contribution >= 4 is 21.6 Å². The molecule has 0 spiro atoms. The molecule has 0 saturated carbocycles. The highest BCUT2D eigenvalue weighted by atomic mass is 32.2. The fraction of sp³-hybridized carbons (Fsp3) is 0.238. The molecule has 0 aromatic heterocycles. The number of sulfone groups is 1. The molecule has 0 radical (unpaired) electrons. The van der Waals surface area contributed by atoms with Crippen LogP contribution in [0.1, 0.15) is 24.2 Å². The molecule has 0 aliphatic heterocycles. The molecule has 27 heavy (non-hydrogen) atoms. The van der Waals surface area contributed by atoms with Crippen molar-refractivity contribution in [3.8, 4) is 0 Å². The van der Waals surface area contributed by atoms with E-state index in [1.807, 2.05) is 0 Å². The Morgan fingerprint density at radius 3 is 2.11 bits per heavy atom. The molecule has 2 atom stereocenters. The van der Waals surface area contributed by atoms with Crippen LogP contribution in [-0.2, 0) is 19.4 Å². The normalized spacial score (nSPS) is 13.9. The molecule has 2 rings (SSSR count). The van der Waals surface area contributed by atoms with Crippen LogP contribution in [-0.4, -0.2) is 26.8 Å². The van der Waals surface area contributed by atoms with E-state index in [1.165, 1.54) is 18.2 Å². The number of carbonyl (C=O) groups excluding carboxylic acids is 2. The van der Waals surface area contributed by atoms with Crippen LogP contribution >= 0.6 is 0 Å². The SMILES string of the molecule is CCOC(=O)C(C(=O)c1ccccc1)C(C)/C=C/S(=O)(=O)c1ccccc1. The van der Waals surface area contributed by atoms with Crippen molar-refractivity contribution in [3.05, 3.63) is 77.7 Å². The second kappa shape index (κ2) is 9.28. The molecule has 2 aromatic rings. The van der Waals surface area contributed by atoms with E-state index in [0.717, 1.165) is 5.41 Å². The summed E-state index contributed by atoms with van der Waals surface area (Å²) in [5.74, 6) is -2.84. The Hall–Kier alpha value is -2.73. The predicted octanol–water partition coefficient (Wildman–Crippen LogP) is 3.67. The summed E-state index contributed by atoms with van der Waals surface area (Å²) < 4.78 is 29.9. The van der Waals surface area contributed by atoms with Crippen LogP contribution in [0.5, 0.6) is 0 Å². The zero-order valence-electron chi connectivity index (χ0n) is 15.2. The summed E-state index contributed by atoms with van der Waals surface area (Å²) in [7, 11) is -3.66. The second-order valence-electron chi connectivity index (χ2n) is 6.01. The first kappa shape index (κ1) is 20.6. The molecule has 6 heteroatoms. The van der Waals surface area contributed by atoms with E-state index in [4.69, 9.17) is 4.74 Å². The number of carbonyl (C=O) groups is 2. The summed E-state index contributed by atoms with van der Waals surface area (Å²) in [6.45, 7) is 3.41. The van der Waals surface area contributed by atoms with E-state index in [2.05, 4.69) is 0 Å². The summed E-state index contributed by atoms with van der Waals surface area (Å²) in [6, 6.07) is 16.4. The number of ketones is 1. The Kier molecular flexibility index (Phi) is 7.07. The van der Waals surface area contributed by atoms with Gasteiger partial charge in [0.1, 0.15) is 5.92 Å². The van der Waals surface area contributed by atoms with Gasteiger partial charge in [-0.15, -0.1) is 0 Å². The number of hydrogen-bond acceptors (Lipinski definition) is 5. The maximum Gasteiger partial charge on any atom is 0.317 e. The van der Waals surface area contributed by atoms with Gasteiger partial charge < -0.3 is 4.74 Å². The molecule has 0 N–H and O–H groups in total. The van der Waals surface area contributed by atoms with Crippen LogP contribution in [0, 0.1) is 11.8 Å². The highest BCUT2D eigenvalue weighted by molar-refractivity contribution is 7.94. The standard InChI is InChI=1S/C21H22O5S/c1-3-26-21(23)19(20(22)17-10-6-4-7-11-17)16(2)14-15-27(24,25)18-12-8-5-9-13-18/h4-16,19H,3H2,1-2H3/b15-14+. The zero-order valence-corrected chi connectivity index (χ0v) is 16.1. The number of Topliss-reactive ketones (excluding diaryl/α,β-unsaturated/α-hetero) is 1. The summed E-state index contributed by atoms with van der Waals surface area (Å²) in [4.78, 5) is 25.3. The number of benzene rings is 2. The lowest BCUT2D eigenvalue weighted by molar-refractivity contribution is -0.147. The third-order valence-electron chi connectivity index (χ3n) is 4.04. The van der Waals surface area contributed by atoms with Gasteiger partial charge in [-0.25, -0.2) is 8.42 Å². The quantitative estimate of drug-likeness (QED) is 0.393. The van der Waals surface area contributed by atoms with E-state index in [9.17, 15) is 18.0 Å². The molecule has 142 valence electrons. The average Bonchev–Trinajstić information content (AvgIpc) is 2.68. The summed E-state index contributed by atoms with van der Waals surface area (Å²) in [6.07, 6.45) is 1.37. The lowest BCUT2D eigenvalue weighted by Crippen LogP contribution is -2.31. The largest absolute Gasteiger partial charge is 0.465 e. The highest BCUT2D eigenvalue weighted by Gasteiger charge is 2.33. The monoisotopic (exact) mass is 386 g/mol. The maximum absolute atomic E-state index is 12.8. The van der Waals surface area contributed by atoms with Gasteiger partial charge >= 0.3 is 5.97 Å². The van der Waals surface area contributed by atoms with Gasteiger partial charge in [-0.2, -0.15) is 0 Å². The molecule has 0 fully saturated rings. The molecule has 0 aliphatic carbocycles. The summed E-state index contributed by atoms with van der Waals surface area (Å²) >= 11 is 0. The minimum atomic E-state index is -3.66. The predicted molar refractivity (Wildman–Crippen MR) is 103 cm³/mol. The van der Waals surface area contributed by atoms with Crippen LogP contribution in [0.25, 0.3) is 0 Å². The fourth-order valence-corrected chi connectivity index (χ4v) is 3.75. The minimum Gasteiger partial charge on any atom is -0.465 e. The van der Waals surface area contributed by atoms with E-state index in [0.29, 0.717) is 5.56 Å². The van der Waals surface area contributed by atoms with Crippen LogP contribution in [0.4, 0.5) is 0 Å². The Balaban J connectivity index is 2.30. The molecule has 2 aromatic carbocycles. The number of hydrogen-bond donors (Lipinski definition) is 0.